The summed E-state index contributed by atoms with van der Waals surface area (Å²) in [7, 11) is -4.31. The van der Waals surface area contributed by atoms with Crippen LogP contribution in [0.1, 0.15) is 11.3 Å². The predicted molar refractivity (Wildman–Crippen MR) is 82.7 cm³/mol. The standard InChI is InChI=1S/C15H19NO5S/c1-12-2-4-13(5-3-12)16(10-11-17)9-8-14-6-7-15(21-14)22(18,19)20/h2-7,17H,8-11H2,1H3,(H,18,19,20). The van der Waals surface area contributed by atoms with Crippen molar-refractivity contribution in [1.82, 2.24) is 0 Å². The van der Waals surface area contributed by atoms with Crippen LogP contribution in [0.25, 0.3) is 0 Å². The van der Waals surface area contributed by atoms with E-state index in [9.17, 15) is 13.5 Å². The van der Waals surface area contributed by atoms with Gasteiger partial charge in [0.05, 0.1) is 6.61 Å². The molecule has 0 radical (unpaired) electrons. The summed E-state index contributed by atoms with van der Waals surface area (Å²) in [5.74, 6) is 0.461. The van der Waals surface area contributed by atoms with Crippen LogP contribution in [0.5, 0.6) is 0 Å². The van der Waals surface area contributed by atoms with E-state index in [4.69, 9.17) is 8.97 Å². The van der Waals surface area contributed by atoms with Crippen molar-refractivity contribution < 1.29 is 22.5 Å². The smallest absolute Gasteiger partial charge is 0.328 e. The molecule has 0 saturated heterocycles. The molecule has 0 saturated carbocycles. The van der Waals surface area contributed by atoms with Gasteiger partial charge in [-0.3, -0.25) is 4.55 Å². The average Bonchev–Trinajstić information content (AvgIpc) is 2.93. The molecular formula is C15H19NO5S. The second-order valence-corrected chi connectivity index (χ2v) is 6.34. The zero-order valence-electron chi connectivity index (χ0n) is 12.3. The van der Waals surface area contributed by atoms with Gasteiger partial charge in [0.2, 0.25) is 5.09 Å². The molecule has 0 spiro atoms. The molecule has 0 bridgehead atoms. The van der Waals surface area contributed by atoms with Gasteiger partial charge in [0.25, 0.3) is 0 Å². The normalized spacial score (nSPS) is 11.6. The van der Waals surface area contributed by atoms with Crippen LogP contribution in [0.4, 0.5) is 5.69 Å². The molecule has 7 heteroatoms. The number of aliphatic hydroxyl groups excluding tert-OH is 1. The van der Waals surface area contributed by atoms with Crippen molar-refractivity contribution in [2.45, 2.75) is 18.4 Å². The van der Waals surface area contributed by atoms with Crippen LogP contribution in [0, 0.1) is 6.92 Å². The molecule has 0 amide bonds. The first-order valence-corrected chi connectivity index (χ1v) is 8.33. The number of hydrogen-bond acceptors (Lipinski definition) is 5. The zero-order valence-corrected chi connectivity index (χ0v) is 13.1. The Balaban J connectivity index is 2.06. The molecule has 22 heavy (non-hydrogen) atoms. The van der Waals surface area contributed by atoms with E-state index in [1.165, 1.54) is 12.1 Å². The van der Waals surface area contributed by atoms with Crippen molar-refractivity contribution in [2.75, 3.05) is 24.6 Å². The lowest BCUT2D eigenvalue weighted by Gasteiger charge is -2.23. The molecule has 0 atom stereocenters. The molecule has 6 nitrogen and oxygen atoms in total. The fraction of sp³-hybridized carbons (Fsp3) is 0.333. The largest absolute Gasteiger partial charge is 0.447 e. The van der Waals surface area contributed by atoms with Gasteiger partial charge in [0, 0.05) is 25.2 Å². The topological polar surface area (TPSA) is 91.0 Å². The van der Waals surface area contributed by atoms with E-state index in [-0.39, 0.29) is 6.61 Å². The van der Waals surface area contributed by atoms with Gasteiger partial charge in [-0.15, -0.1) is 0 Å². The van der Waals surface area contributed by atoms with Crippen LogP contribution >= 0.6 is 0 Å². The number of hydrogen-bond donors (Lipinski definition) is 2. The predicted octanol–water partition coefficient (Wildman–Crippen LogP) is 1.88. The Kier molecular flexibility index (Phi) is 5.23. The molecule has 0 fully saturated rings. The molecule has 0 aliphatic carbocycles. The molecule has 1 heterocycles. The van der Waals surface area contributed by atoms with Crippen molar-refractivity contribution in [2.24, 2.45) is 0 Å². The SMILES string of the molecule is Cc1ccc(N(CCO)CCc2ccc(S(=O)(=O)O)o2)cc1. The van der Waals surface area contributed by atoms with Gasteiger partial charge in [-0.05, 0) is 31.2 Å². The second-order valence-electron chi connectivity index (χ2n) is 4.99. The lowest BCUT2D eigenvalue weighted by atomic mass is 10.2. The number of anilines is 1. The fourth-order valence-corrected chi connectivity index (χ4v) is 2.58. The third kappa shape index (κ3) is 4.33. The van der Waals surface area contributed by atoms with Gasteiger partial charge in [-0.25, -0.2) is 0 Å². The quantitative estimate of drug-likeness (QED) is 0.755. The maximum absolute atomic E-state index is 11.0. The highest BCUT2D eigenvalue weighted by atomic mass is 32.2. The minimum absolute atomic E-state index is 0.0162. The Morgan fingerprint density at radius 3 is 2.32 bits per heavy atom. The Labute approximate surface area is 129 Å². The summed E-state index contributed by atoms with van der Waals surface area (Å²) in [6.07, 6.45) is 0.462. The Bertz CT molecular complexity index is 706. The molecule has 1 aromatic heterocycles. The van der Waals surface area contributed by atoms with E-state index in [0.717, 1.165) is 11.3 Å². The number of aryl methyl sites for hydroxylation is 1. The van der Waals surface area contributed by atoms with Crippen LogP contribution < -0.4 is 4.90 Å². The Morgan fingerprint density at radius 2 is 1.77 bits per heavy atom. The second kappa shape index (κ2) is 6.95. The van der Waals surface area contributed by atoms with Crippen molar-refractivity contribution >= 4 is 15.8 Å². The van der Waals surface area contributed by atoms with Crippen molar-refractivity contribution in [3.8, 4) is 0 Å². The fourth-order valence-electron chi connectivity index (χ4n) is 2.12. The van der Waals surface area contributed by atoms with Gasteiger partial charge < -0.3 is 14.4 Å². The monoisotopic (exact) mass is 325 g/mol. The molecule has 0 unspecified atom stereocenters. The van der Waals surface area contributed by atoms with Crippen LogP contribution in [0.2, 0.25) is 0 Å². The first-order valence-electron chi connectivity index (χ1n) is 6.89. The molecule has 120 valence electrons. The number of aliphatic hydroxyl groups is 1. The van der Waals surface area contributed by atoms with Gasteiger partial charge in [0.1, 0.15) is 5.76 Å². The third-order valence-electron chi connectivity index (χ3n) is 3.29. The maximum Gasteiger partial charge on any atom is 0.328 e. The summed E-state index contributed by atoms with van der Waals surface area (Å²) in [5, 5.41) is 8.73. The maximum atomic E-state index is 11.0. The number of furan rings is 1. The van der Waals surface area contributed by atoms with Gasteiger partial charge in [-0.1, -0.05) is 17.7 Å². The van der Waals surface area contributed by atoms with Gasteiger partial charge in [-0.2, -0.15) is 8.42 Å². The summed E-state index contributed by atoms with van der Waals surface area (Å²) in [5.41, 5.74) is 2.12. The number of rotatable bonds is 7. The molecule has 2 rings (SSSR count). The summed E-state index contributed by atoms with van der Waals surface area (Å²) in [6, 6.07) is 10.7. The van der Waals surface area contributed by atoms with E-state index in [0.29, 0.717) is 25.3 Å². The summed E-state index contributed by atoms with van der Waals surface area (Å²) in [4.78, 5) is 1.98. The Hall–Kier alpha value is -1.83. The van der Waals surface area contributed by atoms with Crippen LogP contribution in [0.15, 0.2) is 45.9 Å². The van der Waals surface area contributed by atoms with E-state index >= 15 is 0 Å². The molecule has 0 aliphatic rings. The highest BCUT2D eigenvalue weighted by molar-refractivity contribution is 7.85. The van der Waals surface area contributed by atoms with Gasteiger partial charge in [0.15, 0.2) is 0 Å². The first-order chi connectivity index (χ1) is 10.4. The van der Waals surface area contributed by atoms with E-state index in [2.05, 4.69) is 0 Å². The molecular weight excluding hydrogens is 306 g/mol. The lowest BCUT2D eigenvalue weighted by molar-refractivity contribution is 0.301. The average molecular weight is 325 g/mol. The molecule has 2 N–H and O–H groups in total. The highest BCUT2D eigenvalue weighted by Gasteiger charge is 2.15. The number of nitrogens with zero attached hydrogens (tertiary/aromatic N) is 1. The van der Waals surface area contributed by atoms with E-state index in [1.54, 1.807) is 0 Å². The van der Waals surface area contributed by atoms with Gasteiger partial charge >= 0.3 is 10.1 Å². The number of benzene rings is 1. The molecule has 2 aromatic rings. The van der Waals surface area contributed by atoms with Crippen molar-refractivity contribution in [3.05, 3.63) is 47.7 Å². The third-order valence-corrected chi connectivity index (χ3v) is 4.02. The highest BCUT2D eigenvalue weighted by Crippen LogP contribution is 2.18. The van der Waals surface area contributed by atoms with Crippen molar-refractivity contribution in [3.63, 3.8) is 0 Å². The molecule has 0 aliphatic heterocycles. The first kappa shape index (κ1) is 16.5. The van der Waals surface area contributed by atoms with Crippen LogP contribution in [-0.4, -0.2) is 37.8 Å². The zero-order chi connectivity index (χ0) is 16.2. The molecule has 1 aromatic carbocycles. The van der Waals surface area contributed by atoms with E-state index in [1.807, 2.05) is 36.1 Å². The van der Waals surface area contributed by atoms with E-state index < -0.39 is 15.2 Å². The Morgan fingerprint density at radius 1 is 1.09 bits per heavy atom. The van der Waals surface area contributed by atoms with Crippen LogP contribution in [0.3, 0.4) is 0 Å². The lowest BCUT2D eigenvalue weighted by Crippen LogP contribution is -2.28. The van der Waals surface area contributed by atoms with Crippen molar-refractivity contribution in [1.29, 1.82) is 0 Å². The summed E-state index contributed by atoms with van der Waals surface area (Å²) >= 11 is 0. The minimum Gasteiger partial charge on any atom is -0.447 e. The van der Waals surface area contributed by atoms with Crippen LogP contribution in [-0.2, 0) is 16.5 Å². The summed E-state index contributed by atoms with van der Waals surface area (Å²) < 4.78 is 35.9. The minimum atomic E-state index is -4.31. The summed E-state index contributed by atoms with van der Waals surface area (Å²) in [6.45, 7) is 3.04.